The van der Waals surface area contributed by atoms with Crippen LogP contribution in [0.3, 0.4) is 0 Å². The van der Waals surface area contributed by atoms with Gasteiger partial charge in [0.25, 0.3) is 0 Å². The van der Waals surface area contributed by atoms with Gasteiger partial charge in [-0.15, -0.1) is 0 Å². The van der Waals surface area contributed by atoms with Gasteiger partial charge in [0, 0.05) is 150 Å². The Morgan fingerprint density at radius 1 is 0.479 bits per heavy atom. The maximum atomic E-state index is 11.4. The highest BCUT2D eigenvalue weighted by molar-refractivity contribution is 9.10. The van der Waals surface area contributed by atoms with Gasteiger partial charge in [-0.25, -0.2) is 83.4 Å². The van der Waals surface area contributed by atoms with E-state index in [-0.39, 0.29) is 5.97 Å². The molecule has 34 heteroatoms. The van der Waals surface area contributed by atoms with Crippen LogP contribution < -0.4 is 10.6 Å². The van der Waals surface area contributed by atoms with Gasteiger partial charge in [0.05, 0.1) is 55.2 Å². The first-order valence-corrected chi connectivity index (χ1v) is 40.4. The molecule has 5 fully saturated rings. The highest BCUT2D eigenvalue weighted by atomic mass is 79.9. The Bertz CT molecular complexity index is 3790. The minimum atomic E-state index is -1.06. The fraction of sp³-hybridized carbons (Fsp3) is 0.530. The van der Waals surface area contributed by atoms with Crippen LogP contribution in [-0.4, -0.2) is 236 Å². The van der Waals surface area contributed by atoms with Gasteiger partial charge in [0.15, 0.2) is 5.56 Å². The van der Waals surface area contributed by atoms with Crippen LogP contribution >= 0.6 is 39.1 Å². The molecule has 3 N–H and O–H groups in total. The molecular weight excluding hydrogens is 1610 g/mol. The molecule has 31 nitrogen and oxygen atoms in total. The first-order chi connectivity index (χ1) is 56.0. The fourth-order valence-electron chi connectivity index (χ4n) is 12.0. The van der Waals surface area contributed by atoms with Gasteiger partial charge in [-0.1, -0.05) is 106 Å². The van der Waals surface area contributed by atoms with Crippen molar-refractivity contribution in [2.75, 3.05) is 108 Å². The van der Waals surface area contributed by atoms with Gasteiger partial charge in [-0.3, -0.25) is 9.80 Å². The van der Waals surface area contributed by atoms with E-state index in [1.165, 1.54) is 104 Å². The van der Waals surface area contributed by atoms with Crippen LogP contribution in [0.4, 0.5) is 14.4 Å². The predicted molar refractivity (Wildman–Crippen MR) is 446 cm³/mol. The summed E-state index contributed by atoms with van der Waals surface area (Å²) in [6, 6.07) is 21.1. The number of methoxy groups -OCH3 is 4. The molecule has 12 rings (SSSR count). The van der Waals surface area contributed by atoms with Crippen molar-refractivity contribution in [1.29, 1.82) is 0 Å². The van der Waals surface area contributed by atoms with Gasteiger partial charge in [-0.05, 0) is 160 Å². The summed E-state index contributed by atoms with van der Waals surface area (Å²) in [4.78, 5) is 126. The van der Waals surface area contributed by atoms with E-state index in [0.29, 0.717) is 51.8 Å². The summed E-state index contributed by atoms with van der Waals surface area (Å²) >= 11 is 13.2. The number of carbonyl (C=O) groups excluding carboxylic acids is 7. The third-order valence-electron chi connectivity index (χ3n) is 17.9. The first-order valence-electron chi connectivity index (χ1n) is 38.8. The largest absolute Gasteiger partial charge is 0.519 e. The highest BCUT2D eigenvalue weighted by Crippen LogP contribution is 2.32. The number of halogens is 3. The van der Waals surface area contributed by atoms with E-state index in [0.717, 1.165) is 145 Å². The Hall–Kier alpha value is -9.25. The number of nitrogens with zero attached hydrogens (tertiary/aromatic N) is 13. The van der Waals surface area contributed by atoms with E-state index >= 15 is 0 Å². The maximum absolute atomic E-state index is 11.4. The lowest BCUT2D eigenvalue weighted by atomic mass is 10.1. The third-order valence-corrected chi connectivity index (χ3v) is 18.5. The Morgan fingerprint density at radius 3 is 1.03 bits per heavy atom. The normalized spacial score (nSPS) is 16.9. The number of hydrogen-bond donors (Lipinski definition) is 3. The molecule has 9 heterocycles. The summed E-state index contributed by atoms with van der Waals surface area (Å²) in [7, 11) is 6.40. The van der Waals surface area contributed by atoms with Crippen molar-refractivity contribution in [3.63, 3.8) is 0 Å². The molecule has 0 radical (unpaired) electrons. The number of aliphatic hydroxyl groups is 1. The van der Waals surface area contributed by atoms with Crippen molar-refractivity contribution in [2.24, 2.45) is 0 Å². The predicted octanol–water partition coefficient (Wildman–Crippen LogP) is 13.9. The van der Waals surface area contributed by atoms with Gasteiger partial charge in [0.2, 0.25) is 0 Å². The van der Waals surface area contributed by atoms with Crippen LogP contribution in [-0.2, 0) is 51.0 Å². The van der Waals surface area contributed by atoms with Gasteiger partial charge in [0.1, 0.15) is 40.3 Å². The molecule has 640 valence electrons. The minimum Gasteiger partial charge on any atom is -0.465 e. The molecule has 5 aromatic heterocycles. The monoisotopic (exact) mass is 1730 g/mol. The molecule has 2 aromatic carbocycles. The quantitative estimate of drug-likeness (QED) is 0.0251. The number of aliphatic hydroxyl groups excluding tert-OH is 1. The fourth-order valence-corrected chi connectivity index (χ4v) is 12.5. The molecule has 1 aliphatic carbocycles. The van der Waals surface area contributed by atoms with Crippen LogP contribution in [0.2, 0.25) is 0 Å². The average molecular weight is 1730 g/mol. The Balaban J connectivity index is 0.000000286. The zero-order valence-corrected chi connectivity index (χ0v) is 73.0. The lowest BCUT2D eigenvalue weighted by molar-refractivity contribution is -0.0295. The van der Waals surface area contributed by atoms with Crippen LogP contribution in [0.25, 0.3) is 0 Å². The van der Waals surface area contributed by atoms with Crippen LogP contribution in [0, 0.1) is 0 Å². The number of rotatable bonds is 17. The maximum Gasteiger partial charge on any atom is 0.519 e. The van der Waals surface area contributed by atoms with Crippen molar-refractivity contribution in [2.45, 2.75) is 180 Å². The standard InChI is InChI=1S/C17H19N3O2.C15H16BrN3.C11H14N2O2.2C10H13N3O2.C10H18O5.C6H15N.C3H4Cl2O2.CH4O/c1-22-17(21)15-9-18-16(19-10-15)14-7-8-20(12-14)11-13-5-3-2-4-6-13;16-14-8-17-15(18-9-14)13-6-7-19(11-13)10-12-4-2-1-3-5-12;1-15-11(14)9-6-12-10(13-7-9)8-4-2-3-5-8;2*1-15-10(14)8-5-12-9(13-6-8)7-2-3-11-4-7;1-9(2,3)14-7(11)13-8(12)15-10(4,5)6;1-4-7(5-2)6-3;1-2(4)7-3(5)6;1-2/h2-6,9-10,14H,7-8,11-12H2,1H3;1-5,8-9,13H,6-7,10-11H2;6-8H,2-5H2,1H3;2*5-7,11H,2-4H2,1H3;1-6H3;4-6H2,1-3H3;2H,1H3;2H,1H3. The number of esters is 4. The summed E-state index contributed by atoms with van der Waals surface area (Å²) in [5, 5.41) is 13.5. The highest BCUT2D eigenvalue weighted by Gasteiger charge is 2.30. The van der Waals surface area contributed by atoms with E-state index in [9.17, 15) is 33.6 Å². The molecule has 117 heavy (non-hydrogen) atoms. The summed E-state index contributed by atoms with van der Waals surface area (Å²) in [5.74, 6) is 4.69. The molecule has 7 aromatic rings. The zero-order valence-electron chi connectivity index (χ0n) is 69.9. The Labute approximate surface area is 705 Å². The molecule has 0 spiro atoms. The number of aromatic nitrogens is 10. The number of alkyl halides is 1. The van der Waals surface area contributed by atoms with Gasteiger partial charge in [-0.2, -0.15) is 0 Å². The molecule has 5 atom stereocenters. The SMILES string of the molecule is Brc1cnc(C2CCN(Cc3ccccc3)C2)nc1.CC(C)(C)OC(=O)OC(=O)OC(C)(C)C.CC(Cl)OC(=O)Cl.CCN(CC)CC.CO.COC(=O)c1cnc(C2CCCC2)nc1.COC(=O)c1cnc(C2CCN(Cc3ccccc3)C2)nc1.COC(=O)c1cnc(C2CCNC2)nc1.COC(=O)c1cnc(C2CCNC2)nc1. The summed E-state index contributed by atoms with van der Waals surface area (Å²) in [6.07, 6.45) is 23.0. The van der Waals surface area contributed by atoms with Gasteiger partial charge >= 0.3 is 41.6 Å². The summed E-state index contributed by atoms with van der Waals surface area (Å²) in [6.45, 7) is 31.6. The second kappa shape index (κ2) is 54.7. The third kappa shape index (κ3) is 39.7. The van der Waals surface area contributed by atoms with Crippen molar-refractivity contribution < 1.29 is 76.6 Å². The van der Waals surface area contributed by atoms with Crippen molar-refractivity contribution in [1.82, 2.24) is 75.2 Å². The van der Waals surface area contributed by atoms with Crippen LogP contribution in [0.15, 0.2) is 127 Å². The van der Waals surface area contributed by atoms with Gasteiger partial charge < -0.3 is 58.5 Å². The topological polar surface area (TPSA) is 376 Å². The van der Waals surface area contributed by atoms with E-state index in [1.54, 1.807) is 66.3 Å². The smallest absolute Gasteiger partial charge is 0.465 e. The van der Waals surface area contributed by atoms with E-state index in [1.807, 2.05) is 18.5 Å². The lowest BCUT2D eigenvalue weighted by Gasteiger charge is -2.20. The second-order valence-corrected chi connectivity index (χ2v) is 30.7. The number of carbonyl (C=O) groups is 7. The minimum absolute atomic E-state index is 0.329. The second-order valence-electron chi connectivity index (χ2n) is 28.9. The summed E-state index contributed by atoms with van der Waals surface area (Å²) < 4.78 is 37.3. The molecule has 0 bridgehead atoms. The zero-order chi connectivity index (χ0) is 86.3. The molecule has 4 saturated heterocycles. The number of benzene rings is 2. The lowest BCUT2D eigenvalue weighted by Crippen LogP contribution is -2.29. The molecule has 0 amide bonds. The van der Waals surface area contributed by atoms with Crippen LogP contribution in [0.1, 0.15) is 232 Å². The van der Waals surface area contributed by atoms with Crippen molar-refractivity contribution >= 4 is 80.7 Å². The van der Waals surface area contributed by atoms with E-state index in [2.05, 4.69) is 195 Å². The Morgan fingerprint density at radius 2 is 0.778 bits per heavy atom. The number of hydrogen-bond acceptors (Lipinski definition) is 31. The molecule has 5 aliphatic rings. The number of likely N-dealkylation sites (tertiary alicyclic amines) is 2. The average Bonchev–Trinajstić information content (AvgIpc) is 1.72. The molecule has 4 aliphatic heterocycles. The molecular formula is C83H116BrCl2N15O16. The number of ether oxygens (including phenoxy) is 8. The first kappa shape index (κ1) is 100. The van der Waals surface area contributed by atoms with Crippen molar-refractivity contribution in [3.05, 3.63) is 190 Å². The molecule has 5 unspecified atom stereocenters. The summed E-state index contributed by atoms with van der Waals surface area (Å²) in [5.41, 5.74) is 1.40. The molecule has 1 saturated carbocycles. The van der Waals surface area contributed by atoms with E-state index < -0.39 is 52.4 Å². The van der Waals surface area contributed by atoms with E-state index in [4.69, 9.17) is 37.8 Å². The van der Waals surface area contributed by atoms with Crippen LogP contribution in [0.5, 0.6) is 0 Å². The van der Waals surface area contributed by atoms with Crippen molar-refractivity contribution in [3.8, 4) is 0 Å². The number of nitrogens with one attached hydrogen (secondary N) is 2. The Kier molecular flexibility index (Phi) is 46.8.